The van der Waals surface area contributed by atoms with Crippen molar-refractivity contribution in [2.75, 3.05) is 13.1 Å². The van der Waals surface area contributed by atoms with Crippen LogP contribution >= 0.6 is 0 Å². The van der Waals surface area contributed by atoms with Gasteiger partial charge in [0.25, 0.3) is 0 Å². The summed E-state index contributed by atoms with van der Waals surface area (Å²) in [6.07, 6.45) is -0.0239. The number of hydrogen-bond donors (Lipinski definition) is 0. The van der Waals surface area contributed by atoms with E-state index in [1.54, 1.807) is 20.8 Å². The molecule has 0 bridgehead atoms. The van der Waals surface area contributed by atoms with Crippen molar-refractivity contribution in [1.82, 2.24) is 4.90 Å². The number of carbonyl (C=O) groups excluding carboxylic acids is 2. The van der Waals surface area contributed by atoms with E-state index in [4.69, 9.17) is 4.74 Å². The molecule has 1 fully saturated rings. The second kappa shape index (κ2) is 6.02. The molecule has 4 nitrogen and oxygen atoms in total. The molecule has 0 aliphatic carbocycles. The van der Waals surface area contributed by atoms with E-state index in [0.29, 0.717) is 13.0 Å². The number of carbonyl (C=O) groups is 2. The summed E-state index contributed by atoms with van der Waals surface area (Å²) >= 11 is 0. The number of ketones is 1. The molecule has 22 heavy (non-hydrogen) atoms. The second-order valence-corrected chi connectivity index (χ2v) is 6.43. The van der Waals surface area contributed by atoms with Gasteiger partial charge in [-0.1, -0.05) is 0 Å². The first-order chi connectivity index (χ1) is 10.2. The van der Waals surface area contributed by atoms with Crippen molar-refractivity contribution in [1.29, 1.82) is 0 Å². The molecule has 2 rings (SSSR count). The number of hydrogen-bond acceptors (Lipinski definition) is 3. The summed E-state index contributed by atoms with van der Waals surface area (Å²) < 4.78 is 31.6. The third-order valence-electron chi connectivity index (χ3n) is 3.36. The fourth-order valence-corrected chi connectivity index (χ4v) is 2.40. The van der Waals surface area contributed by atoms with Crippen LogP contribution in [-0.2, 0) is 4.74 Å². The number of Topliss-reactive ketones (excluding diaryl/α,β-unsaturated/α-hetero) is 1. The Kier molecular flexibility index (Phi) is 4.49. The number of nitrogens with zero attached hydrogens (tertiary/aromatic N) is 1. The molecule has 1 saturated heterocycles. The van der Waals surface area contributed by atoms with Gasteiger partial charge in [0.2, 0.25) is 0 Å². The topological polar surface area (TPSA) is 46.6 Å². The van der Waals surface area contributed by atoms with E-state index in [-0.39, 0.29) is 17.9 Å². The summed E-state index contributed by atoms with van der Waals surface area (Å²) in [7, 11) is 0. The van der Waals surface area contributed by atoms with E-state index in [1.165, 1.54) is 4.90 Å². The SMILES string of the molecule is CC(C)(C)OC(=O)N1CCC(C(=O)c2cc(F)cc(F)c2)C1. The van der Waals surface area contributed by atoms with Crippen LogP contribution in [0.25, 0.3) is 0 Å². The van der Waals surface area contributed by atoms with E-state index in [0.717, 1.165) is 18.2 Å². The molecule has 0 aromatic heterocycles. The third-order valence-corrected chi connectivity index (χ3v) is 3.36. The fourth-order valence-electron chi connectivity index (χ4n) is 2.40. The highest BCUT2D eigenvalue weighted by Crippen LogP contribution is 2.23. The minimum Gasteiger partial charge on any atom is -0.444 e. The highest BCUT2D eigenvalue weighted by atomic mass is 19.1. The van der Waals surface area contributed by atoms with Crippen molar-refractivity contribution in [3.05, 3.63) is 35.4 Å². The van der Waals surface area contributed by atoms with Gasteiger partial charge in [0.15, 0.2) is 5.78 Å². The quantitative estimate of drug-likeness (QED) is 0.786. The Balaban J connectivity index is 2.03. The lowest BCUT2D eigenvalue weighted by Crippen LogP contribution is -2.35. The first-order valence-electron chi connectivity index (χ1n) is 7.14. The number of benzene rings is 1. The predicted molar refractivity (Wildman–Crippen MR) is 76.6 cm³/mol. The summed E-state index contributed by atoms with van der Waals surface area (Å²) in [5, 5.41) is 0. The molecule has 0 N–H and O–H groups in total. The lowest BCUT2D eigenvalue weighted by atomic mass is 9.97. The molecular weight excluding hydrogens is 292 g/mol. The molecule has 1 aromatic carbocycles. The molecule has 0 spiro atoms. The minimum absolute atomic E-state index is 0.00598. The Hall–Kier alpha value is -1.98. The van der Waals surface area contributed by atoms with Crippen LogP contribution in [0.15, 0.2) is 18.2 Å². The van der Waals surface area contributed by atoms with Gasteiger partial charge in [0.05, 0.1) is 0 Å². The molecule has 1 atom stereocenters. The van der Waals surface area contributed by atoms with Crippen LogP contribution in [0.3, 0.4) is 0 Å². The Morgan fingerprint density at radius 2 is 1.77 bits per heavy atom. The molecule has 1 aliphatic rings. The zero-order valence-electron chi connectivity index (χ0n) is 12.9. The molecule has 1 heterocycles. The van der Waals surface area contributed by atoms with Crippen LogP contribution in [0.4, 0.5) is 13.6 Å². The number of likely N-dealkylation sites (tertiary alicyclic amines) is 1. The van der Waals surface area contributed by atoms with E-state index < -0.39 is 29.2 Å². The van der Waals surface area contributed by atoms with Gasteiger partial charge >= 0.3 is 6.09 Å². The Morgan fingerprint density at radius 3 is 2.32 bits per heavy atom. The van der Waals surface area contributed by atoms with Gasteiger partial charge < -0.3 is 9.64 Å². The maximum Gasteiger partial charge on any atom is 0.410 e. The number of rotatable bonds is 2. The van der Waals surface area contributed by atoms with Crippen LogP contribution in [0.5, 0.6) is 0 Å². The maximum atomic E-state index is 13.2. The van der Waals surface area contributed by atoms with E-state index in [9.17, 15) is 18.4 Å². The summed E-state index contributed by atoms with van der Waals surface area (Å²) in [5.41, 5.74) is -0.612. The van der Waals surface area contributed by atoms with Gasteiger partial charge in [0.1, 0.15) is 17.2 Å². The molecule has 0 radical (unpaired) electrons. The Bertz CT molecular complexity index is 575. The molecule has 1 aliphatic heterocycles. The Morgan fingerprint density at radius 1 is 1.18 bits per heavy atom. The fraction of sp³-hybridized carbons (Fsp3) is 0.500. The minimum atomic E-state index is -0.787. The Labute approximate surface area is 128 Å². The van der Waals surface area contributed by atoms with Gasteiger partial charge in [-0.15, -0.1) is 0 Å². The molecule has 0 saturated carbocycles. The number of halogens is 2. The van der Waals surface area contributed by atoms with Crippen molar-refractivity contribution in [3.8, 4) is 0 Å². The summed E-state index contributed by atoms with van der Waals surface area (Å²) in [4.78, 5) is 25.7. The van der Waals surface area contributed by atoms with E-state index in [1.807, 2.05) is 0 Å². The second-order valence-electron chi connectivity index (χ2n) is 6.43. The highest BCUT2D eigenvalue weighted by molar-refractivity contribution is 5.98. The first-order valence-corrected chi connectivity index (χ1v) is 7.14. The molecule has 1 amide bonds. The van der Waals surface area contributed by atoms with Crippen molar-refractivity contribution >= 4 is 11.9 Å². The standard InChI is InChI=1S/C16H19F2NO3/c1-16(2,3)22-15(21)19-5-4-10(9-19)14(20)11-6-12(17)8-13(18)7-11/h6-8,10H,4-5,9H2,1-3H3. The van der Waals surface area contributed by atoms with E-state index >= 15 is 0 Å². The van der Waals surface area contributed by atoms with Gasteiger partial charge in [-0.25, -0.2) is 13.6 Å². The maximum absolute atomic E-state index is 13.2. The highest BCUT2D eigenvalue weighted by Gasteiger charge is 2.34. The first kappa shape index (κ1) is 16.4. The smallest absolute Gasteiger partial charge is 0.410 e. The van der Waals surface area contributed by atoms with Crippen LogP contribution in [-0.4, -0.2) is 35.5 Å². The molecule has 1 unspecified atom stereocenters. The molecule has 1 aromatic rings. The summed E-state index contributed by atoms with van der Waals surface area (Å²) in [5.74, 6) is -2.39. The zero-order valence-corrected chi connectivity index (χ0v) is 12.9. The van der Waals surface area contributed by atoms with Crippen LogP contribution in [0.1, 0.15) is 37.6 Å². The summed E-state index contributed by atoms with van der Waals surface area (Å²) in [6, 6.07) is 2.75. The monoisotopic (exact) mass is 311 g/mol. The average molecular weight is 311 g/mol. The predicted octanol–water partition coefficient (Wildman–Crippen LogP) is 3.40. The van der Waals surface area contributed by atoms with Crippen LogP contribution < -0.4 is 0 Å². The van der Waals surface area contributed by atoms with Crippen molar-refractivity contribution < 1.29 is 23.1 Å². The normalized spacial score (nSPS) is 18.4. The van der Waals surface area contributed by atoms with Crippen molar-refractivity contribution in [2.45, 2.75) is 32.8 Å². The van der Waals surface area contributed by atoms with Gasteiger partial charge in [-0.3, -0.25) is 4.79 Å². The molecule has 6 heteroatoms. The number of amides is 1. The van der Waals surface area contributed by atoms with Gasteiger partial charge in [-0.05, 0) is 39.3 Å². The molecule has 120 valence electrons. The van der Waals surface area contributed by atoms with Crippen LogP contribution in [0.2, 0.25) is 0 Å². The molecular formula is C16H19F2NO3. The van der Waals surface area contributed by atoms with Crippen molar-refractivity contribution in [3.63, 3.8) is 0 Å². The van der Waals surface area contributed by atoms with Crippen molar-refractivity contribution in [2.24, 2.45) is 5.92 Å². The van der Waals surface area contributed by atoms with E-state index in [2.05, 4.69) is 0 Å². The van der Waals surface area contributed by atoms with Crippen LogP contribution in [0, 0.1) is 17.6 Å². The summed E-state index contributed by atoms with van der Waals surface area (Å²) in [6.45, 7) is 5.88. The van der Waals surface area contributed by atoms with Gasteiger partial charge in [-0.2, -0.15) is 0 Å². The lowest BCUT2D eigenvalue weighted by Gasteiger charge is -2.24. The third kappa shape index (κ3) is 4.02. The zero-order chi connectivity index (χ0) is 16.5. The average Bonchev–Trinajstić information content (AvgIpc) is 2.84. The number of ether oxygens (including phenoxy) is 1. The largest absolute Gasteiger partial charge is 0.444 e. The lowest BCUT2D eigenvalue weighted by molar-refractivity contribution is 0.0289. The van der Waals surface area contributed by atoms with Gasteiger partial charge in [0, 0.05) is 30.6 Å².